The van der Waals surface area contributed by atoms with E-state index in [0.717, 1.165) is 38.5 Å². The van der Waals surface area contributed by atoms with Gasteiger partial charge in [0.1, 0.15) is 24.2 Å². The molecule has 36 heavy (non-hydrogen) atoms. The molecule has 0 saturated carbocycles. The monoisotopic (exact) mass is 469 g/mol. The largest absolute Gasteiger partial charge is 0.487 e. The molecule has 0 saturated heterocycles. The first-order valence-corrected chi connectivity index (χ1v) is 11.6. The lowest BCUT2D eigenvalue weighted by molar-refractivity contribution is 0.305. The summed E-state index contributed by atoms with van der Waals surface area (Å²) in [5, 5.41) is 11.2. The van der Waals surface area contributed by atoms with Crippen molar-refractivity contribution in [3.63, 3.8) is 0 Å². The van der Waals surface area contributed by atoms with Gasteiger partial charge in [0.05, 0.1) is 22.8 Å². The van der Waals surface area contributed by atoms with Crippen molar-refractivity contribution >= 4 is 21.8 Å². The predicted molar refractivity (Wildman–Crippen MR) is 139 cm³/mol. The molecule has 0 radical (unpaired) electrons. The van der Waals surface area contributed by atoms with Gasteiger partial charge in [-0.1, -0.05) is 60.7 Å². The fourth-order valence-corrected chi connectivity index (χ4v) is 4.66. The lowest BCUT2D eigenvalue weighted by Gasteiger charge is -2.10. The summed E-state index contributed by atoms with van der Waals surface area (Å²) < 4.78 is 22.6. The summed E-state index contributed by atoms with van der Waals surface area (Å²) in [6.07, 6.45) is 3.55. The Balaban J connectivity index is 1.50. The summed E-state index contributed by atoms with van der Waals surface area (Å²) in [5.41, 5.74) is 5.60. The number of hydrogen-bond donors (Lipinski definition) is 0. The maximum Gasteiger partial charge on any atom is 0.143 e. The van der Waals surface area contributed by atoms with E-state index in [1.54, 1.807) is 12.3 Å². The molecular formula is C31H20FN3O. The maximum atomic E-state index is 14.6. The van der Waals surface area contributed by atoms with Gasteiger partial charge in [0, 0.05) is 28.2 Å². The standard InChI is InChI=1S/C31H20FN3O/c32-28-16-24(14-13-22(28)17-33)35-29-11-5-4-9-27(29)31-26(10-6-12-30(31)35)23-15-25(19-34-18-23)36-20-21-7-2-1-3-8-21/h1-16,18-19H,20H2. The molecule has 0 atom stereocenters. The summed E-state index contributed by atoms with van der Waals surface area (Å²) >= 11 is 0. The lowest BCUT2D eigenvalue weighted by Crippen LogP contribution is -1.96. The van der Waals surface area contributed by atoms with Crippen LogP contribution in [0.3, 0.4) is 0 Å². The molecule has 2 aromatic heterocycles. The topological polar surface area (TPSA) is 50.8 Å². The molecule has 0 N–H and O–H groups in total. The van der Waals surface area contributed by atoms with E-state index in [1.807, 2.05) is 83.6 Å². The first-order chi connectivity index (χ1) is 17.7. The third-order valence-electron chi connectivity index (χ3n) is 6.30. The van der Waals surface area contributed by atoms with Crippen molar-refractivity contribution in [2.75, 3.05) is 0 Å². The van der Waals surface area contributed by atoms with Gasteiger partial charge in [-0.2, -0.15) is 5.26 Å². The summed E-state index contributed by atoms with van der Waals surface area (Å²) in [6, 6.07) is 32.8. The van der Waals surface area contributed by atoms with E-state index in [9.17, 15) is 4.39 Å². The molecule has 0 aliphatic carbocycles. The average Bonchev–Trinajstić information content (AvgIpc) is 3.27. The Hall–Kier alpha value is -4.95. The summed E-state index contributed by atoms with van der Waals surface area (Å²) in [5.74, 6) is 0.149. The fraction of sp³-hybridized carbons (Fsp3) is 0.0323. The van der Waals surface area contributed by atoms with E-state index >= 15 is 0 Å². The molecule has 6 rings (SSSR count). The van der Waals surface area contributed by atoms with E-state index in [1.165, 1.54) is 12.1 Å². The fourth-order valence-electron chi connectivity index (χ4n) is 4.66. The van der Waals surface area contributed by atoms with Crippen molar-refractivity contribution in [3.05, 3.63) is 126 Å². The number of fused-ring (bicyclic) bond motifs is 3. The second-order valence-corrected chi connectivity index (χ2v) is 8.51. The average molecular weight is 470 g/mol. The van der Waals surface area contributed by atoms with Crippen LogP contribution in [0.25, 0.3) is 38.6 Å². The van der Waals surface area contributed by atoms with Crippen LogP contribution in [0.5, 0.6) is 5.75 Å². The van der Waals surface area contributed by atoms with Gasteiger partial charge < -0.3 is 9.30 Å². The molecule has 0 unspecified atom stereocenters. The Labute approximate surface area is 207 Å². The van der Waals surface area contributed by atoms with Gasteiger partial charge in [0.25, 0.3) is 0 Å². The Kier molecular flexibility index (Phi) is 5.40. The summed E-state index contributed by atoms with van der Waals surface area (Å²) in [6.45, 7) is 0.458. The highest BCUT2D eigenvalue weighted by Crippen LogP contribution is 2.39. The van der Waals surface area contributed by atoms with Crippen molar-refractivity contribution in [1.82, 2.24) is 9.55 Å². The number of benzene rings is 4. The zero-order valence-electron chi connectivity index (χ0n) is 19.2. The van der Waals surface area contributed by atoms with E-state index in [2.05, 4.69) is 17.1 Å². The van der Waals surface area contributed by atoms with Crippen LogP contribution >= 0.6 is 0 Å². The normalized spacial score (nSPS) is 11.0. The number of pyridine rings is 1. The minimum Gasteiger partial charge on any atom is -0.487 e. The SMILES string of the molecule is N#Cc1ccc(-n2c3ccccc3c3c(-c4cncc(OCc5ccccc5)c4)cccc32)cc1F. The van der Waals surface area contributed by atoms with Gasteiger partial charge in [-0.3, -0.25) is 4.98 Å². The van der Waals surface area contributed by atoms with Gasteiger partial charge in [0.15, 0.2) is 0 Å². The van der Waals surface area contributed by atoms with Crippen LogP contribution in [0.4, 0.5) is 4.39 Å². The highest BCUT2D eigenvalue weighted by atomic mass is 19.1. The molecule has 0 fully saturated rings. The second-order valence-electron chi connectivity index (χ2n) is 8.51. The molecule has 2 heterocycles. The molecule has 0 aliphatic heterocycles. The van der Waals surface area contributed by atoms with E-state index in [4.69, 9.17) is 10.00 Å². The molecule has 0 spiro atoms. The number of nitrogens with zero attached hydrogens (tertiary/aromatic N) is 3. The Morgan fingerprint density at radius 1 is 0.833 bits per heavy atom. The van der Waals surface area contributed by atoms with Crippen LogP contribution in [-0.2, 0) is 6.61 Å². The number of rotatable bonds is 5. The molecule has 0 bridgehead atoms. The second kappa shape index (κ2) is 9.01. The number of nitriles is 1. The minimum absolute atomic E-state index is 0.0265. The molecule has 172 valence electrons. The van der Waals surface area contributed by atoms with Crippen LogP contribution in [0.1, 0.15) is 11.1 Å². The Bertz CT molecular complexity index is 1770. The third-order valence-corrected chi connectivity index (χ3v) is 6.30. The third kappa shape index (κ3) is 3.75. The van der Waals surface area contributed by atoms with Gasteiger partial charge >= 0.3 is 0 Å². The Morgan fingerprint density at radius 3 is 2.47 bits per heavy atom. The van der Waals surface area contributed by atoms with Crippen molar-refractivity contribution in [3.8, 4) is 28.6 Å². The molecule has 0 aliphatic rings. The quantitative estimate of drug-likeness (QED) is 0.264. The molecular weight excluding hydrogens is 449 g/mol. The molecule has 6 aromatic rings. The molecule has 5 heteroatoms. The minimum atomic E-state index is -0.537. The van der Waals surface area contributed by atoms with Gasteiger partial charge in [-0.05, 0) is 47.5 Å². The number of ether oxygens (including phenoxy) is 1. The van der Waals surface area contributed by atoms with Crippen molar-refractivity contribution in [2.45, 2.75) is 6.61 Å². The summed E-state index contributed by atoms with van der Waals surface area (Å²) in [7, 11) is 0. The number of aromatic nitrogens is 2. The van der Waals surface area contributed by atoms with Crippen molar-refractivity contribution in [1.29, 1.82) is 5.26 Å². The highest BCUT2D eigenvalue weighted by molar-refractivity contribution is 6.15. The van der Waals surface area contributed by atoms with Crippen LogP contribution in [0.2, 0.25) is 0 Å². The molecule has 0 amide bonds. The lowest BCUT2D eigenvalue weighted by atomic mass is 10.0. The number of hydrogen-bond acceptors (Lipinski definition) is 3. The molecule has 4 aromatic carbocycles. The summed E-state index contributed by atoms with van der Waals surface area (Å²) in [4.78, 5) is 4.44. The highest BCUT2D eigenvalue weighted by Gasteiger charge is 2.17. The Morgan fingerprint density at radius 2 is 1.64 bits per heavy atom. The smallest absolute Gasteiger partial charge is 0.143 e. The first kappa shape index (κ1) is 21.6. The van der Waals surface area contributed by atoms with Crippen molar-refractivity contribution < 1.29 is 9.13 Å². The number of para-hydroxylation sites is 1. The van der Waals surface area contributed by atoms with E-state index < -0.39 is 5.82 Å². The maximum absolute atomic E-state index is 14.6. The van der Waals surface area contributed by atoms with Crippen LogP contribution in [0.15, 0.2) is 109 Å². The van der Waals surface area contributed by atoms with Crippen LogP contribution in [0, 0.1) is 17.1 Å². The van der Waals surface area contributed by atoms with Gasteiger partial charge in [0.2, 0.25) is 0 Å². The molecule has 4 nitrogen and oxygen atoms in total. The zero-order valence-corrected chi connectivity index (χ0v) is 19.2. The first-order valence-electron chi connectivity index (χ1n) is 11.6. The van der Waals surface area contributed by atoms with Crippen LogP contribution < -0.4 is 4.74 Å². The zero-order chi connectivity index (χ0) is 24.5. The van der Waals surface area contributed by atoms with Gasteiger partial charge in [-0.25, -0.2) is 4.39 Å². The van der Waals surface area contributed by atoms with Gasteiger partial charge in [-0.15, -0.1) is 0 Å². The van der Waals surface area contributed by atoms with E-state index in [0.29, 0.717) is 18.0 Å². The predicted octanol–water partition coefficient (Wildman–Crippen LogP) is 7.44. The number of halogens is 1. The van der Waals surface area contributed by atoms with E-state index in [-0.39, 0.29) is 5.56 Å². The van der Waals surface area contributed by atoms with Crippen LogP contribution in [-0.4, -0.2) is 9.55 Å². The van der Waals surface area contributed by atoms with Crippen molar-refractivity contribution in [2.24, 2.45) is 0 Å².